The minimum Gasteiger partial charge on any atom is -0.496 e. The van der Waals surface area contributed by atoms with E-state index in [1.807, 2.05) is 66.9 Å². The first-order chi connectivity index (χ1) is 15.2. The lowest BCUT2D eigenvalue weighted by Gasteiger charge is -2.32. The molecule has 160 valence electrons. The first-order valence-electron chi connectivity index (χ1n) is 10.4. The molecule has 1 fully saturated rings. The highest BCUT2D eigenvalue weighted by Gasteiger charge is 2.27. The number of para-hydroxylation sites is 2. The number of piperidine rings is 1. The quantitative estimate of drug-likeness (QED) is 0.566. The summed E-state index contributed by atoms with van der Waals surface area (Å²) < 4.78 is 5.43. The van der Waals surface area contributed by atoms with Crippen molar-refractivity contribution < 1.29 is 9.53 Å². The van der Waals surface area contributed by atoms with Crippen LogP contribution in [0.15, 0.2) is 65.6 Å². The number of carbonyl (C=O) groups is 1. The van der Waals surface area contributed by atoms with Gasteiger partial charge in [0, 0.05) is 23.5 Å². The number of nitrogens with zero attached hydrogens (tertiary/aromatic N) is 3. The molecule has 1 unspecified atom stereocenters. The van der Waals surface area contributed by atoms with E-state index in [0.29, 0.717) is 6.54 Å². The number of nitrogens with one attached hydrogen (secondary N) is 1. The van der Waals surface area contributed by atoms with Gasteiger partial charge in [0.15, 0.2) is 5.82 Å². The molecule has 0 radical (unpaired) electrons. The van der Waals surface area contributed by atoms with E-state index in [4.69, 9.17) is 4.74 Å². The Morgan fingerprint density at radius 3 is 2.68 bits per heavy atom. The van der Waals surface area contributed by atoms with Crippen LogP contribution < -0.4 is 15.0 Å². The van der Waals surface area contributed by atoms with Crippen LogP contribution in [0.25, 0.3) is 11.3 Å². The van der Waals surface area contributed by atoms with Crippen LogP contribution >= 0.6 is 11.8 Å². The van der Waals surface area contributed by atoms with Gasteiger partial charge in [-0.05, 0) is 55.5 Å². The molecule has 0 spiro atoms. The van der Waals surface area contributed by atoms with Crippen LogP contribution in [-0.4, -0.2) is 42.6 Å². The Morgan fingerprint density at radius 1 is 1.10 bits per heavy atom. The summed E-state index contributed by atoms with van der Waals surface area (Å²) >= 11 is 1.63. The molecular weight excluding hydrogens is 408 g/mol. The fourth-order valence-corrected chi connectivity index (χ4v) is 4.43. The van der Waals surface area contributed by atoms with Gasteiger partial charge in [0.25, 0.3) is 0 Å². The summed E-state index contributed by atoms with van der Waals surface area (Å²) in [5.74, 6) is 1.54. The molecule has 1 N–H and O–H groups in total. The second-order valence-corrected chi connectivity index (χ2v) is 8.30. The van der Waals surface area contributed by atoms with Gasteiger partial charge in [-0.2, -0.15) is 0 Å². The van der Waals surface area contributed by atoms with Crippen molar-refractivity contribution in [3.8, 4) is 17.0 Å². The van der Waals surface area contributed by atoms with Gasteiger partial charge in [-0.1, -0.05) is 24.3 Å². The molecule has 1 amide bonds. The van der Waals surface area contributed by atoms with E-state index in [-0.39, 0.29) is 11.8 Å². The highest BCUT2D eigenvalue weighted by Crippen LogP contribution is 2.30. The maximum atomic E-state index is 12.9. The Morgan fingerprint density at radius 2 is 1.90 bits per heavy atom. The maximum Gasteiger partial charge on any atom is 0.229 e. The first kappa shape index (κ1) is 21.2. The van der Waals surface area contributed by atoms with Crippen molar-refractivity contribution in [2.45, 2.75) is 17.7 Å². The normalized spacial score (nSPS) is 16.1. The number of ether oxygens (including phenoxy) is 1. The van der Waals surface area contributed by atoms with Crippen LogP contribution in [-0.2, 0) is 4.79 Å². The largest absolute Gasteiger partial charge is 0.496 e. The van der Waals surface area contributed by atoms with Gasteiger partial charge in [0.2, 0.25) is 5.91 Å². The lowest BCUT2D eigenvalue weighted by Crippen LogP contribution is -2.41. The van der Waals surface area contributed by atoms with Crippen LogP contribution in [0.2, 0.25) is 0 Å². The zero-order valence-electron chi connectivity index (χ0n) is 17.7. The molecule has 4 rings (SSSR count). The molecule has 2 aromatic carbocycles. The summed E-state index contributed by atoms with van der Waals surface area (Å²) in [6.07, 6.45) is 3.83. The van der Waals surface area contributed by atoms with Crippen LogP contribution in [0.5, 0.6) is 5.75 Å². The van der Waals surface area contributed by atoms with E-state index in [0.717, 1.165) is 52.8 Å². The highest BCUT2D eigenvalue weighted by atomic mass is 32.2. The first-order valence-corrected chi connectivity index (χ1v) is 11.6. The number of thioether (sulfide) groups is 1. The summed E-state index contributed by atoms with van der Waals surface area (Å²) in [6, 6.07) is 19.6. The number of rotatable bonds is 6. The number of methoxy groups -OCH3 is 1. The molecule has 3 aromatic rings. The topological polar surface area (TPSA) is 67.3 Å². The van der Waals surface area contributed by atoms with Crippen molar-refractivity contribution in [1.29, 1.82) is 0 Å². The third kappa shape index (κ3) is 4.82. The van der Waals surface area contributed by atoms with Crippen LogP contribution in [0, 0.1) is 5.92 Å². The third-order valence-electron chi connectivity index (χ3n) is 5.51. The van der Waals surface area contributed by atoms with Gasteiger partial charge in [0.05, 0.1) is 24.4 Å². The maximum absolute atomic E-state index is 12.9. The molecule has 1 atom stereocenters. The average Bonchev–Trinajstić information content (AvgIpc) is 2.84. The smallest absolute Gasteiger partial charge is 0.229 e. The number of benzene rings is 2. The zero-order valence-corrected chi connectivity index (χ0v) is 18.6. The Balaban J connectivity index is 1.45. The lowest BCUT2D eigenvalue weighted by atomic mass is 9.97. The summed E-state index contributed by atoms with van der Waals surface area (Å²) in [5, 5.41) is 12.0. The van der Waals surface area contributed by atoms with E-state index >= 15 is 0 Å². The van der Waals surface area contributed by atoms with Crippen molar-refractivity contribution in [3.05, 3.63) is 60.7 Å². The molecule has 0 bridgehead atoms. The third-order valence-corrected chi connectivity index (χ3v) is 6.31. The van der Waals surface area contributed by atoms with Crippen molar-refractivity contribution in [3.63, 3.8) is 0 Å². The van der Waals surface area contributed by atoms with Crippen LogP contribution in [0.4, 0.5) is 11.5 Å². The Hall–Kier alpha value is -3.06. The summed E-state index contributed by atoms with van der Waals surface area (Å²) in [6.45, 7) is 1.50. The number of hydrogen-bond acceptors (Lipinski definition) is 6. The van der Waals surface area contributed by atoms with E-state index in [1.54, 1.807) is 18.9 Å². The molecule has 7 heteroatoms. The van der Waals surface area contributed by atoms with E-state index < -0.39 is 0 Å². The summed E-state index contributed by atoms with van der Waals surface area (Å²) in [4.78, 5) is 16.1. The number of hydrogen-bond donors (Lipinski definition) is 1. The SMILES string of the molecule is COc1ccccc1-c1ccc(N2CCCC(C(=O)Nc3ccccc3SC)C2)nn1. The van der Waals surface area contributed by atoms with Crippen molar-refractivity contribution >= 4 is 29.2 Å². The monoisotopic (exact) mass is 434 g/mol. The van der Waals surface area contributed by atoms with Crippen molar-refractivity contribution in [1.82, 2.24) is 10.2 Å². The average molecular weight is 435 g/mol. The highest BCUT2D eigenvalue weighted by molar-refractivity contribution is 7.98. The second-order valence-electron chi connectivity index (χ2n) is 7.45. The van der Waals surface area contributed by atoms with Crippen molar-refractivity contribution in [2.24, 2.45) is 5.92 Å². The van der Waals surface area contributed by atoms with Crippen LogP contribution in [0.3, 0.4) is 0 Å². The molecule has 2 heterocycles. The standard InChI is InChI=1S/C24H26N4O2S/c1-30-21-11-5-3-9-18(21)19-13-14-23(27-26-19)28-15-7-8-17(16-28)24(29)25-20-10-4-6-12-22(20)31-2/h3-6,9-14,17H,7-8,15-16H2,1-2H3,(H,25,29). The molecular formula is C24H26N4O2S. The summed E-state index contributed by atoms with van der Waals surface area (Å²) in [7, 11) is 1.65. The van der Waals surface area contributed by atoms with Gasteiger partial charge in [-0.15, -0.1) is 22.0 Å². The Bertz CT molecular complexity index is 1040. The van der Waals surface area contributed by atoms with Gasteiger partial charge in [-0.25, -0.2) is 0 Å². The van der Waals surface area contributed by atoms with Gasteiger partial charge < -0.3 is 15.0 Å². The Kier molecular flexibility index (Phi) is 6.72. The number of amides is 1. The molecule has 1 saturated heterocycles. The van der Waals surface area contributed by atoms with Gasteiger partial charge >= 0.3 is 0 Å². The van der Waals surface area contributed by atoms with Gasteiger partial charge in [0.1, 0.15) is 5.75 Å². The van der Waals surface area contributed by atoms with Crippen molar-refractivity contribution in [2.75, 3.05) is 36.7 Å². The molecule has 31 heavy (non-hydrogen) atoms. The fraction of sp³-hybridized carbons (Fsp3) is 0.292. The molecule has 6 nitrogen and oxygen atoms in total. The lowest BCUT2D eigenvalue weighted by molar-refractivity contribution is -0.120. The Labute approximate surface area is 187 Å². The molecule has 1 aliphatic heterocycles. The van der Waals surface area contributed by atoms with E-state index in [1.165, 1.54) is 0 Å². The second kappa shape index (κ2) is 9.83. The minimum atomic E-state index is -0.0839. The predicted octanol–water partition coefficient (Wildman–Crippen LogP) is 4.73. The summed E-state index contributed by atoms with van der Waals surface area (Å²) in [5.41, 5.74) is 2.55. The fourth-order valence-electron chi connectivity index (χ4n) is 3.88. The van der Waals surface area contributed by atoms with E-state index in [2.05, 4.69) is 20.4 Å². The number of aromatic nitrogens is 2. The number of anilines is 2. The minimum absolute atomic E-state index is 0.0600. The molecule has 0 aliphatic carbocycles. The van der Waals surface area contributed by atoms with E-state index in [9.17, 15) is 4.79 Å². The molecule has 1 aromatic heterocycles. The predicted molar refractivity (Wildman–Crippen MR) is 126 cm³/mol. The zero-order chi connectivity index (χ0) is 21.6. The number of carbonyl (C=O) groups excluding carboxylic acids is 1. The van der Waals surface area contributed by atoms with Gasteiger partial charge in [-0.3, -0.25) is 4.79 Å². The molecule has 1 aliphatic rings. The molecule has 0 saturated carbocycles. The van der Waals surface area contributed by atoms with Crippen LogP contribution in [0.1, 0.15) is 12.8 Å².